The Morgan fingerprint density at radius 1 is 1.38 bits per heavy atom. The summed E-state index contributed by atoms with van der Waals surface area (Å²) < 4.78 is 40.9. The van der Waals surface area contributed by atoms with Gasteiger partial charge in [0.1, 0.15) is 5.82 Å². The summed E-state index contributed by atoms with van der Waals surface area (Å²) in [6.07, 6.45) is 1.47. The average Bonchev–Trinajstić information content (AvgIpc) is 3.03. The summed E-state index contributed by atoms with van der Waals surface area (Å²) >= 11 is 0. The molecule has 3 rings (SSSR count). The molecule has 0 spiro atoms. The SMILES string of the molecule is OCCC(NC1CCCn2ccnc21)c1cccc(C(F)(F)F)c1. The topological polar surface area (TPSA) is 50.1 Å². The number of aryl methyl sites for hydroxylation is 1. The van der Waals surface area contributed by atoms with E-state index in [9.17, 15) is 18.3 Å². The fraction of sp³-hybridized carbons (Fsp3) is 0.471. The third-order valence-corrected chi connectivity index (χ3v) is 4.39. The molecule has 0 aliphatic carbocycles. The van der Waals surface area contributed by atoms with Crippen molar-refractivity contribution in [1.82, 2.24) is 14.9 Å². The molecule has 24 heavy (non-hydrogen) atoms. The number of aromatic nitrogens is 2. The Morgan fingerprint density at radius 2 is 2.21 bits per heavy atom. The normalized spacial score (nSPS) is 19.1. The first-order valence-electron chi connectivity index (χ1n) is 8.04. The van der Waals surface area contributed by atoms with Crippen LogP contribution in [0.1, 0.15) is 48.3 Å². The van der Waals surface area contributed by atoms with E-state index in [1.165, 1.54) is 6.07 Å². The van der Waals surface area contributed by atoms with Gasteiger partial charge in [0.2, 0.25) is 0 Å². The molecule has 1 aliphatic heterocycles. The maximum Gasteiger partial charge on any atom is 0.416 e. The van der Waals surface area contributed by atoms with E-state index in [0.717, 1.165) is 37.3 Å². The minimum Gasteiger partial charge on any atom is -0.396 e. The van der Waals surface area contributed by atoms with Crippen molar-refractivity contribution in [2.24, 2.45) is 0 Å². The number of alkyl halides is 3. The largest absolute Gasteiger partial charge is 0.416 e. The summed E-state index contributed by atoms with van der Waals surface area (Å²) in [5.41, 5.74) is -0.141. The number of nitrogens with zero attached hydrogens (tertiary/aromatic N) is 2. The van der Waals surface area contributed by atoms with Crippen molar-refractivity contribution in [3.8, 4) is 0 Å². The van der Waals surface area contributed by atoms with Crippen LogP contribution >= 0.6 is 0 Å². The van der Waals surface area contributed by atoms with Gasteiger partial charge >= 0.3 is 6.18 Å². The second kappa shape index (κ2) is 6.94. The van der Waals surface area contributed by atoms with Crippen molar-refractivity contribution in [1.29, 1.82) is 0 Å². The van der Waals surface area contributed by atoms with Crippen molar-refractivity contribution >= 4 is 0 Å². The van der Waals surface area contributed by atoms with Crippen LogP contribution in [-0.2, 0) is 12.7 Å². The monoisotopic (exact) mass is 339 g/mol. The van der Waals surface area contributed by atoms with E-state index >= 15 is 0 Å². The summed E-state index contributed by atoms with van der Waals surface area (Å²) in [6, 6.07) is 4.91. The first-order chi connectivity index (χ1) is 11.5. The van der Waals surface area contributed by atoms with Gasteiger partial charge in [-0.25, -0.2) is 4.98 Å². The van der Waals surface area contributed by atoms with Crippen LogP contribution < -0.4 is 5.32 Å². The number of imidazole rings is 1. The number of rotatable bonds is 5. The highest BCUT2D eigenvalue weighted by atomic mass is 19.4. The Labute approximate surface area is 138 Å². The number of hydrogen-bond donors (Lipinski definition) is 2. The van der Waals surface area contributed by atoms with Crippen LogP contribution in [0.4, 0.5) is 13.2 Å². The molecule has 0 radical (unpaired) electrons. The molecular weight excluding hydrogens is 319 g/mol. The average molecular weight is 339 g/mol. The number of benzene rings is 1. The Morgan fingerprint density at radius 3 is 2.96 bits per heavy atom. The smallest absolute Gasteiger partial charge is 0.396 e. The van der Waals surface area contributed by atoms with Crippen molar-refractivity contribution in [2.75, 3.05) is 6.61 Å². The van der Waals surface area contributed by atoms with Gasteiger partial charge in [0.15, 0.2) is 0 Å². The molecule has 2 heterocycles. The molecule has 2 unspecified atom stereocenters. The van der Waals surface area contributed by atoms with E-state index in [0.29, 0.717) is 12.0 Å². The molecule has 2 N–H and O–H groups in total. The first kappa shape index (κ1) is 17.0. The highest BCUT2D eigenvalue weighted by Gasteiger charge is 2.31. The highest BCUT2D eigenvalue weighted by Crippen LogP contribution is 2.33. The zero-order chi connectivity index (χ0) is 17.2. The van der Waals surface area contributed by atoms with Gasteiger partial charge in [-0.15, -0.1) is 0 Å². The predicted molar refractivity (Wildman–Crippen MR) is 83.2 cm³/mol. The second-order valence-electron chi connectivity index (χ2n) is 6.03. The maximum absolute atomic E-state index is 12.9. The maximum atomic E-state index is 12.9. The summed E-state index contributed by atoms with van der Waals surface area (Å²) in [7, 11) is 0. The lowest BCUT2D eigenvalue weighted by Crippen LogP contribution is -2.32. The van der Waals surface area contributed by atoms with Crippen molar-refractivity contribution in [3.63, 3.8) is 0 Å². The Balaban J connectivity index is 1.84. The summed E-state index contributed by atoms with van der Waals surface area (Å²) in [6.45, 7) is 0.802. The molecule has 130 valence electrons. The lowest BCUT2D eigenvalue weighted by atomic mass is 9.98. The van der Waals surface area contributed by atoms with Crippen LogP contribution in [0.15, 0.2) is 36.7 Å². The molecule has 4 nitrogen and oxygen atoms in total. The van der Waals surface area contributed by atoms with Gasteiger partial charge in [-0.3, -0.25) is 0 Å². The zero-order valence-corrected chi connectivity index (χ0v) is 13.1. The van der Waals surface area contributed by atoms with Crippen LogP contribution in [0.25, 0.3) is 0 Å². The quantitative estimate of drug-likeness (QED) is 0.877. The van der Waals surface area contributed by atoms with E-state index in [-0.39, 0.29) is 18.7 Å². The molecule has 1 aliphatic rings. The fourth-order valence-corrected chi connectivity index (χ4v) is 3.22. The third kappa shape index (κ3) is 3.62. The van der Waals surface area contributed by atoms with Crippen LogP contribution in [0.2, 0.25) is 0 Å². The summed E-state index contributed by atoms with van der Waals surface area (Å²) in [4.78, 5) is 4.36. The number of aliphatic hydroxyl groups is 1. The minimum absolute atomic E-state index is 0.0279. The van der Waals surface area contributed by atoms with Gasteiger partial charge in [-0.05, 0) is 37.0 Å². The van der Waals surface area contributed by atoms with E-state index in [2.05, 4.69) is 14.9 Å². The molecule has 0 fully saturated rings. The van der Waals surface area contributed by atoms with Crippen molar-refractivity contribution < 1.29 is 18.3 Å². The van der Waals surface area contributed by atoms with Crippen molar-refractivity contribution in [2.45, 2.75) is 44.1 Å². The van der Waals surface area contributed by atoms with Crippen molar-refractivity contribution in [3.05, 3.63) is 53.6 Å². The number of aliphatic hydroxyl groups excluding tert-OH is 1. The highest BCUT2D eigenvalue weighted by molar-refractivity contribution is 5.28. The molecule has 2 atom stereocenters. The number of halogens is 3. The Hall–Kier alpha value is -1.86. The number of fused-ring (bicyclic) bond motifs is 1. The van der Waals surface area contributed by atoms with Gasteiger partial charge in [-0.2, -0.15) is 13.2 Å². The standard InChI is InChI=1S/C17H20F3N3O/c18-17(19,20)13-4-1-3-12(11-13)14(6-10-24)22-15-5-2-8-23-9-7-21-16(15)23/h1,3-4,7,9,11,14-15,22,24H,2,5-6,8,10H2. The Bertz CT molecular complexity index is 684. The molecule has 0 saturated heterocycles. The minimum atomic E-state index is -4.37. The molecule has 7 heteroatoms. The van der Waals surface area contributed by atoms with Crippen LogP contribution in [0.5, 0.6) is 0 Å². The lowest BCUT2D eigenvalue weighted by Gasteiger charge is -2.29. The zero-order valence-electron chi connectivity index (χ0n) is 13.1. The van der Waals surface area contributed by atoms with E-state index < -0.39 is 11.7 Å². The van der Waals surface area contributed by atoms with Gasteiger partial charge in [0.25, 0.3) is 0 Å². The molecule has 1 aromatic heterocycles. The van der Waals surface area contributed by atoms with E-state index in [4.69, 9.17) is 0 Å². The summed E-state index contributed by atoms with van der Waals surface area (Å²) in [5, 5.41) is 12.7. The van der Waals surface area contributed by atoms with E-state index in [1.807, 2.05) is 6.20 Å². The second-order valence-corrected chi connectivity index (χ2v) is 6.03. The molecule has 0 bridgehead atoms. The van der Waals surface area contributed by atoms with Gasteiger partial charge in [0.05, 0.1) is 11.6 Å². The Kier molecular flexibility index (Phi) is 4.91. The van der Waals surface area contributed by atoms with E-state index in [1.54, 1.807) is 12.3 Å². The van der Waals surface area contributed by atoms with Crippen LogP contribution in [-0.4, -0.2) is 21.3 Å². The first-order valence-corrected chi connectivity index (χ1v) is 8.04. The van der Waals surface area contributed by atoms with Gasteiger partial charge in [-0.1, -0.05) is 12.1 Å². The lowest BCUT2D eigenvalue weighted by molar-refractivity contribution is -0.137. The molecule has 2 aromatic rings. The van der Waals surface area contributed by atoms with Crippen LogP contribution in [0, 0.1) is 0 Å². The van der Waals surface area contributed by atoms with Crippen LogP contribution in [0.3, 0.4) is 0 Å². The summed E-state index contributed by atoms with van der Waals surface area (Å²) in [5.74, 6) is 0.899. The molecule has 1 aromatic carbocycles. The predicted octanol–water partition coefficient (Wildman–Crippen LogP) is 3.45. The number of nitrogens with one attached hydrogen (secondary N) is 1. The van der Waals surface area contributed by atoms with Gasteiger partial charge in [0, 0.05) is 31.6 Å². The molecule has 0 amide bonds. The third-order valence-electron chi connectivity index (χ3n) is 4.39. The molecular formula is C17H20F3N3O. The molecule has 0 saturated carbocycles. The fourth-order valence-electron chi connectivity index (χ4n) is 3.22. The van der Waals surface area contributed by atoms with Gasteiger partial charge < -0.3 is 15.0 Å². The number of hydrogen-bond acceptors (Lipinski definition) is 3.